The molecule has 0 bridgehead atoms. The first kappa shape index (κ1) is 22.1. The quantitative estimate of drug-likeness (QED) is 0.276. The molecule has 0 atom stereocenters. The Labute approximate surface area is 196 Å². The third-order valence-corrected chi connectivity index (χ3v) is 6.38. The molecule has 1 aliphatic heterocycles. The van der Waals surface area contributed by atoms with E-state index < -0.39 is 0 Å². The summed E-state index contributed by atoms with van der Waals surface area (Å²) >= 11 is 13.6. The van der Waals surface area contributed by atoms with E-state index >= 15 is 0 Å². The standard InChI is InChI=1S/C23H24Cl2N4OS/c1-16-13-20(26-15-29-11-3-2-4-12-29)19(25)14-21(16)30-23-27-22(28-31-23)10-7-17-5-8-18(24)9-6-17/h5-6,8-9,13-15H,2-4,7,10-12H2,1H3. The maximum atomic E-state index is 6.46. The molecule has 162 valence electrons. The summed E-state index contributed by atoms with van der Waals surface area (Å²) < 4.78 is 10.4. The molecule has 1 aliphatic rings. The normalized spacial score (nSPS) is 14.4. The summed E-state index contributed by atoms with van der Waals surface area (Å²) in [7, 11) is 0. The summed E-state index contributed by atoms with van der Waals surface area (Å²) in [6.45, 7) is 4.09. The van der Waals surface area contributed by atoms with Crippen molar-refractivity contribution in [1.82, 2.24) is 14.3 Å². The predicted octanol–water partition coefficient (Wildman–Crippen LogP) is 6.88. The summed E-state index contributed by atoms with van der Waals surface area (Å²) in [5.41, 5.74) is 2.90. The van der Waals surface area contributed by atoms with Gasteiger partial charge in [0.1, 0.15) is 11.6 Å². The maximum Gasteiger partial charge on any atom is 0.298 e. The van der Waals surface area contributed by atoms with E-state index in [2.05, 4.69) is 19.2 Å². The topological polar surface area (TPSA) is 50.6 Å². The van der Waals surface area contributed by atoms with E-state index in [1.807, 2.05) is 43.6 Å². The zero-order valence-corrected chi connectivity index (χ0v) is 19.7. The van der Waals surface area contributed by atoms with E-state index in [-0.39, 0.29) is 0 Å². The van der Waals surface area contributed by atoms with Crippen LogP contribution in [0, 0.1) is 6.92 Å². The van der Waals surface area contributed by atoms with E-state index in [9.17, 15) is 0 Å². The Morgan fingerprint density at radius 1 is 1.10 bits per heavy atom. The van der Waals surface area contributed by atoms with Crippen LogP contribution in [0.5, 0.6) is 10.9 Å². The SMILES string of the molecule is Cc1cc(N=CN2CCCCC2)c(Cl)cc1Oc1nc(CCc2ccc(Cl)cc2)ns1. The van der Waals surface area contributed by atoms with Gasteiger partial charge in [0.25, 0.3) is 5.19 Å². The van der Waals surface area contributed by atoms with Gasteiger partial charge >= 0.3 is 0 Å². The molecule has 0 N–H and O–H groups in total. The lowest BCUT2D eigenvalue weighted by atomic mass is 10.1. The Hall–Kier alpha value is -2.15. The molecule has 0 spiro atoms. The molecule has 1 saturated heterocycles. The average molecular weight is 475 g/mol. The number of piperidine rings is 1. The number of aliphatic imine (C=N–C) groups is 1. The second kappa shape index (κ2) is 10.4. The van der Waals surface area contributed by atoms with Gasteiger partial charge in [-0.25, -0.2) is 4.99 Å². The van der Waals surface area contributed by atoms with Crippen LogP contribution in [-0.4, -0.2) is 33.7 Å². The van der Waals surface area contributed by atoms with Gasteiger partial charge in [0.15, 0.2) is 0 Å². The number of hydrogen-bond acceptors (Lipinski definition) is 5. The van der Waals surface area contributed by atoms with Gasteiger partial charge in [0, 0.05) is 42.1 Å². The van der Waals surface area contributed by atoms with Crippen LogP contribution in [0.3, 0.4) is 0 Å². The summed E-state index contributed by atoms with van der Waals surface area (Å²) in [5, 5.41) is 1.81. The summed E-state index contributed by atoms with van der Waals surface area (Å²) in [4.78, 5) is 11.3. The molecule has 3 aromatic rings. The van der Waals surface area contributed by atoms with Crippen molar-refractivity contribution >= 4 is 46.8 Å². The fraction of sp³-hybridized carbons (Fsp3) is 0.348. The van der Waals surface area contributed by atoms with Crippen LogP contribution in [0.25, 0.3) is 0 Å². The molecule has 0 aliphatic carbocycles. The molecule has 31 heavy (non-hydrogen) atoms. The van der Waals surface area contributed by atoms with Crippen molar-refractivity contribution in [2.45, 2.75) is 39.0 Å². The number of likely N-dealkylation sites (tertiary alicyclic amines) is 1. The van der Waals surface area contributed by atoms with Crippen molar-refractivity contribution in [3.8, 4) is 10.9 Å². The van der Waals surface area contributed by atoms with E-state index in [1.54, 1.807) is 6.07 Å². The Morgan fingerprint density at radius 2 is 1.87 bits per heavy atom. The minimum atomic E-state index is 0.509. The average Bonchev–Trinajstić information content (AvgIpc) is 3.23. The summed E-state index contributed by atoms with van der Waals surface area (Å²) in [6, 6.07) is 11.6. The van der Waals surface area contributed by atoms with Gasteiger partial charge in [-0.2, -0.15) is 9.36 Å². The maximum absolute atomic E-state index is 6.46. The van der Waals surface area contributed by atoms with Crippen molar-refractivity contribution < 1.29 is 4.74 Å². The predicted molar refractivity (Wildman–Crippen MR) is 129 cm³/mol. The second-order valence-electron chi connectivity index (χ2n) is 7.62. The molecule has 0 unspecified atom stereocenters. The number of benzene rings is 2. The van der Waals surface area contributed by atoms with E-state index in [0.717, 1.165) is 48.0 Å². The molecule has 5 nitrogen and oxygen atoms in total. The molecular formula is C23H24Cl2N4OS. The first-order valence-electron chi connectivity index (χ1n) is 10.4. The van der Waals surface area contributed by atoms with E-state index in [0.29, 0.717) is 16.0 Å². The van der Waals surface area contributed by atoms with Crippen LogP contribution >= 0.6 is 34.7 Å². The van der Waals surface area contributed by atoms with Gasteiger partial charge in [0.05, 0.1) is 17.0 Å². The fourth-order valence-corrected chi connectivity index (χ4v) is 4.33. The number of hydrogen-bond donors (Lipinski definition) is 0. The van der Waals surface area contributed by atoms with Gasteiger partial charge in [-0.05, 0) is 61.9 Å². The molecule has 4 rings (SSSR count). The third kappa shape index (κ3) is 6.19. The molecule has 0 radical (unpaired) electrons. The molecule has 1 aromatic heterocycles. The highest BCUT2D eigenvalue weighted by molar-refractivity contribution is 7.07. The Balaban J connectivity index is 1.38. The largest absolute Gasteiger partial charge is 0.430 e. The minimum absolute atomic E-state index is 0.509. The molecule has 0 saturated carbocycles. The molecular weight excluding hydrogens is 451 g/mol. The molecule has 0 amide bonds. The van der Waals surface area contributed by atoms with Gasteiger partial charge in [0.2, 0.25) is 0 Å². The van der Waals surface area contributed by atoms with Crippen LogP contribution in [0.1, 0.15) is 36.2 Å². The Kier molecular flexibility index (Phi) is 7.43. The minimum Gasteiger partial charge on any atom is -0.430 e. The number of aromatic nitrogens is 2. The van der Waals surface area contributed by atoms with Crippen molar-refractivity contribution in [3.05, 3.63) is 63.4 Å². The highest BCUT2D eigenvalue weighted by atomic mass is 35.5. The van der Waals surface area contributed by atoms with Crippen LogP contribution in [0.4, 0.5) is 5.69 Å². The van der Waals surface area contributed by atoms with Gasteiger partial charge in [-0.1, -0.05) is 35.3 Å². The van der Waals surface area contributed by atoms with Crippen LogP contribution in [0.2, 0.25) is 10.0 Å². The zero-order chi connectivity index (χ0) is 21.6. The lowest BCUT2D eigenvalue weighted by molar-refractivity contribution is 0.351. The lowest BCUT2D eigenvalue weighted by Crippen LogP contribution is -2.27. The number of nitrogens with zero attached hydrogens (tertiary/aromatic N) is 4. The lowest BCUT2D eigenvalue weighted by Gasteiger charge is -2.23. The van der Waals surface area contributed by atoms with Gasteiger partial charge in [-0.3, -0.25) is 0 Å². The van der Waals surface area contributed by atoms with Crippen molar-refractivity contribution in [3.63, 3.8) is 0 Å². The summed E-state index contributed by atoms with van der Waals surface area (Å²) in [5.74, 6) is 1.43. The van der Waals surface area contributed by atoms with E-state index in [4.69, 9.17) is 27.9 Å². The Morgan fingerprint density at radius 3 is 2.65 bits per heavy atom. The highest BCUT2D eigenvalue weighted by Gasteiger charge is 2.12. The summed E-state index contributed by atoms with van der Waals surface area (Å²) in [6.07, 6.45) is 7.22. The molecule has 2 heterocycles. The fourth-order valence-electron chi connectivity index (χ4n) is 3.42. The second-order valence-corrected chi connectivity index (χ2v) is 9.17. The van der Waals surface area contributed by atoms with Crippen LogP contribution in [0.15, 0.2) is 41.4 Å². The van der Waals surface area contributed by atoms with E-state index in [1.165, 1.54) is 36.4 Å². The molecule has 8 heteroatoms. The monoisotopic (exact) mass is 474 g/mol. The Bertz CT molecular complexity index is 1050. The number of aryl methyl sites for hydroxylation is 3. The van der Waals surface area contributed by atoms with Crippen LogP contribution < -0.4 is 4.74 Å². The highest BCUT2D eigenvalue weighted by Crippen LogP contribution is 2.35. The number of ether oxygens (including phenoxy) is 1. The number of halogens is 2. The van der Waals surface area contributed by atoms with Gasteiger partial charge in [-0.15, -0.1) is 0 Å². The van der Waals surface area contributed by atoms with Crippen molar-refractivity contribution in [2.24, 2.45) is 4.99 Å². The van der Waals surface area contributed by atoms with Crippen molar-refractivity contribution in [2.75, 3.05) is 13.1 Å². The molecule has 1 fully saturated rings. The zero-order valence-electron chi connectivity index (χ0n) is 17.4. The third-order valence-electron chi connectivity index (χ3n) is 5.19. The van der Waals surface area contributed by atoms with Gasteiger partial charge < -0.3 is 9.64 Å². The smallest absolute Gasteiger partial charge is 0.298 e. The first-order valence-corrected chi connectivity index (χ1v) is 11.9. The molecule has 2 aromatic carbocycles. The van der Waals surface area contributed by atoms with Crippen LogP contribution in [-0.2, 0) is 12.8 Å². The van der Waals surface area contributed by atoms with Crippen molar-refractivity contribution in [1.29, 1.82) is 0 Å². The number of rotatable bonds is 7. The first-order chi connectivity index (χ1) is 15.1.